The minimum Gasteiger partial charge on any atom is -0.388 e. The van der Waals surface area contributed by atoms with Crippen molar-refractivity contribution in [2.45, 2.75) is 46.1 Å². The highest BCUT2D eigenvalue weighted by Crippen LogP contribution is 2.18. The predicted molar refractivity (Wildman–Crippen MR) is 90.9 cm³/mol. The molecule has 0 spiro atoms. The van der Waals surface area contributed by atoms with Gasteiger partial charge in [0.2, 0.25) is 0 Å². The summed E-state index contributed by atoms with van der Waals surface area (Å²) in [6.07, 6.45) is 1.07. The highest BCUT2D eigenvalue weighted by Gasteiger charge is 2.23. The van der Waals surface area contributed by atoms with E-state index in [0.717, 1.165) is 11.4 Å². The molecule has 0 radical (unpaired) electrons. The van der Waals surface area contributed by atoms with Gasteiger partial charge in [-0.2, -0.15) is 5.10 Å². The molecule has 2 rings (SSSR count). The van der Waals surface area contributed by atoms with E-state index in [9.17, 15) is 14.3 Å². The zero-order valence-corrected chi connectivity index (χ0v) is 14.6. The number of carbonyl (C=O) groups is 1. The molecule has 24 heavy (non-hydrogen) atoms. The maximum Gasteiger partial charge on any atom is 0.251 e. The summed E-state index contributed by atoms with van der Waals surface area (Å²) in [7, 11) is 0. The van der Waals surface area contributed by atoms with E-state index >= 15 is 0 Å². The van der Waals surface area contributed by atoms with E-state index in [0.29, 0.717) is 18.5 Å². The number of aromatic nitrogens is 2. The molecule has 5 nitrogen and oxygen atoms in total. The second kappa shape index (κ2) is 7.13. The van der Waals surface area contributed by atoms with E-state index in [4.69, 9.17) is 0 Å². The van der Waals surface area contributed by atoms with Crippen molar-refractivity contribution in [1.29, 1.82) is 0 Å². The Bertz CT molecular complexity index is 736. The summed E-state index contributed by atoms with van der Waals surface area (Å²) in [5, 5.41) is 17.1. The molecule has 1 amide bonds. The number of benzene rings is 1. The Labute approximate surface area is 141 Å². The molecule has 2 N–H and O–H groups in total. The summed E-state index contributed by atoms with van der Waals surface area (Å²) < 4.78 is 15.9. The molecule has 0 aliphatic carbocycles. The van der Waals surface area contributed by atoms with Gasteiger partial charge in [0, 0.05) is 17.8 Å². The van der Waals surface area contributed by atoms with Crippen molar-refractivity contribution in [3.05, 3.63) is 47.0 Å². The second-order valence-corrected chi connectivity index (χ2v) is 6.12. The molecule has 0 atom stereocenters. The topological polar surface area (TPSA) is 67.2 Å². The first-order chi connectivity index (χ1) is 11.3. The van der Waals surface area contributed by atoms with Gasteiger partial charge < -0.3 is 10.4 Å². The van der Waals surface area contributed by atoms with E-state index in [2.05, 4.69) is 10.4 Å². The lowest BCUT2D eigenvalue weighted by Gasteiger charge is -2.25. The minimum atomic E-state index is -0.933. The van der Waals surface area contributed by atoms with Crippen LogP contribution in [0.3, 0.4) is 0 Å². The molecule has 0 saturated heterocycles. The number of rotatable bonds is 6. The van der Waals surface area contributed by atoms with Gasteiger partial charge in [0.25, 0.3) is 5.91 Å². The van der Waals surface area contributed by atoms with Crippen LogP contribution in [0.1, 0.15) is 48.4 Å². The van der Waals surface area contributed by atoms with Crippen molar-refractivity contribution in [3.63, 3.8) is 0 Å². The monoisotopic (exact) mass is 333 g/mol. The van der Waals surface area contributed by atoms with Crippen molar-refractivity contribution < 1.29 is 14.3 Å². The number of nitrogens with zero attached hydrogens (tertiary/aromatic N) is 2. The summed E-state index contributed by atoms with van der Waals surface area (Å²) in [6.45, 7) is 7.54. The van der Waals surface area contributed by atoms with E-state index in [1.165, 1.54) is 16.8 Å². The fourth-order valence-electron chi connectivity index (χ4n) is 2.54. The van der Waals surface area contributed by atoms with Crippen molar-refractivity contribution in [2.75, 3.05) is 6.54 Å². The van der Waals surface area contributed by atoms with Gasteiger partial charge in [0.15, 0.2) is 0 Å². The first-order valence-corrected chi connectivity index (χ1v) is 8.13. The smallest absolute Gasteiger partial charge is 0.251 e. The molecular formula is C18H24FN3O2. The van der Waals surface area contributed by atoms with Crippen LogP contribution in [0.4, 0.5) is 4.39 Å². The first-order valence-electron chi connectivity index (χ1n) is 8.13. The van der Waals surface area contributed by atoms with Gasteiger partial charge in [-0.25, -0.2) is 9.07 Å². The zero-order valence-electron chi connectivity index (χ0n) is 14.6. The molecule has 0 bridgehead atoms. The summed E-state index contributed by atoms with van der Waals surface area (Å²) in [4.78, 5) is 12.2. The highest BCUT2D eigenvalue weighted by atomic mass is 19.1. The second-order valence-electron chi connectivity index (χ2n) is 6.12. The molecule has 0 saturated carbocycles. The SMILES string of the molecule is CCC(O)(CC)CNC(=O)c1ccc(-n2nc(C)cc2C)c(F)c1. The van der Waals surface area contributed by atoms with Crippen LogP contribution >= 0.6 is 0 Å². The van der Waals surface area contributed by atoms with Crippen molar-refractivity contribution in [1.82, 2.24) is 15.1 Å². The summed E-state index contributed by atoms with van der Waals surface area (Å²) in [6, 6.07) is 6.14. The number of nitrogens with one attached hydrogen (secondary N) is 1. The van der Waals surface area contributed by atoms with Gasteiger partial charge in [-0.05, 0) is 51.0 Å². The molecule has 0 aliphatic rings. The molecular weight excluding hydrogens is 309 g/mol. The van der Waals surface area contributed by atoms with Gasteiger partial charge in [0.05, 0.1) is 11.3 Å². The molecule has 2 aromatic rings. The third-order valence-electron chi connectivity index (χ3n) is 4.34. The van der Waals surface area contributed by atoms with Crippen LogP contribution in [0.25, 0.3) is 5.69 Å². The lowest BCUT2D eigenvalue weighted by Crippen LogP contribution is -2.42. The Kier molecular flexibility index (Phi) is 5.39. The molecule has 6 heteroatoms. The Balaban J connectivity index is 2.17. The van der Waals surface area contributed by atoms with Crippen LogP contribution in [0.5, 0.6) is 0 Å². The average Bonchev–Trinajstić information content (AvgIpc) is 2.90. The minimum absolute atomic E-state index is 0.139. The quantitative estimate of drug-likeness (QED) is 0.854. The van der Waals surface area contributed by atoms with Crippen LogP contribution in [0, 0.1) is 19.7 Å². The summed E-state index contributed by atoms with van der Waals surface area (Å²) >= 11 is 0. The van der Waals surface area contributed by atoms with E-state index in [1.807, 2.05) is 33.8 Å². The van der Waals surface area contributed by atoms with Gasteiger partial charge >= 0.3 is 0 Å². The Hall–Kier alpha value is -2.21. The summed E-state index contributed by atoms with van der Waals surface area (Å²) in [5.74, 6) is -0.927. The van der Waals surface area contributed by atoms with Gasteiger partial charge in [-0.1, -0.05) is 13.8 Å². The molecule has 0 unspecified atom stereocenters. The molecule has 0 aliphatic heterocycles. The number of aliphatic hydroxyl groups is 1. The van der Waals surface area contributed by atoms with Gasteiger partial charge in [-0.3, -0.25) is 4.79 Å². The van der Waals surface area contributed by atoms with Crippen LogP contribution in [-0.4, -0.2) is 32.9 Å². The molecule has 1 aromatic carbocycles. The molecule has 1 aromatic heterocycles. The Morgan fingerprint density at radius 2 is 1.96 bits per heavy atom. The highest BCUT2D eigenvalue weighted by molar-refractivity contribution is 5.94. The Morgan fingerprint density at radius 3 is 2.46 bits per heavy atom. The fourth-order valence-corrected chi connectivity index (χ4v) is 2.54. The van der Waals surface area contributed by atoms with Crippen molar-refractivity contribution >= 4 is 5.91 Å². The standard InChI is InChI=1S/C18H24FN3O2/c1-5-18(24,6-2)11-20-17(23)14-7-8-16(15(19)10-14)22-13(4)9-12(3)21-22/h7-10,24H,5-6,11H2,1-4H3,(H,20,23). The average molecular weight is 333 g/mol. The van der Waals surface area contributed by atoms with Crippen LogP contribution in [-0.2, 0) is 0 Å². The Morgan fingerprint density at radius 1 is 1.29 bits per heavy atom. The first kappa shape index (κ1) is 18.1. The lowest BCUT2D eigenvalue weighted by atomic mass is 9.97. The fraction of sp³-hybridized carbons (Fsp3) is 0.444. The molecule has 1 heterocycles. The predicted octanol–water partition coefficient (Wildman–Crippen LogP) is 2.91. The summed E-state index contributed by atoms with van der Waals surface area (Å²) in [5.41, 5.74) is 1.20. The van der Waals surface area contributed by atoms with Gasteiger partial charge in [-0.15, -0.1) is 0 Å². The number of carbonyl (C=O) groups excluding carboxylic acids is 1. The zero-order chi connectivity index (χ0) is 17.9. The van der Waals surface area contributed by atoms with Crippen molar-refractivity contribution in [2.24, 2.45) is 0 Å². The normalized spacial score (nSPS) is 11.6. The third kappa shape index (κ3) is 3.82. The van der Waals surface area contributed by atoms with Crippen LogP contribution in [0.15, 0.2) is 24.3 Å². The van der Waals surface area contributed by atoms with Crippen LogP contribution in [0.2, 0.25) is 0 Å². The van der Waals surface area contributed by atoms with E-state index in [1.54, 1.807) is 6.07 Å². The number of amides is 1. The third-order valence-corrected chi connectivity index (χ3v) is 4.34. The molecule has 130 valence electrons. The van der Waals surface area contributed by atoms with Gasteiger partial charge in [0.1, 0.15) is 11.5 Å². The maximum atomic E-state index is 14.4. The number of hydrogen-bond donors (Lipinski definition) is 2. The van der Waals surface area contributed by atoms with E-state index in [-0.39, 0.29) is 12.1 Å². The maximum absolute atomic E-state index is 14.4. The lowest BCUT2D eigenvalue weighted by molar-refractivity contribution is 0.0314. The number of aryl methyl sites for hydroxylation is 2. The van der Waals surface area contributed by atoms with E-state index < -0.39 is 17.3 Å². The molecule has 0 fully saturated rings. The van der Waals surface area contributed by atoms with Crippen molar-refractivity contribution in [3.8, 4) is 5.69 Å². The van der Waals surface area contributed by atoms with Crippen LogP contribution < -0.4 is 5.32 Å². The number of hydrogen-bond acceptors (Lipinski definition) is 3. The number of halogens is 1. The largest absolute Gasteiger partial charge is 0.388 e.